The van der Waals surface area contributed by atoms with E-state index in [0.29, 0.717) is 19.7 Å². The fourth-order valence-electron chi connectivity index (χ4n) is 1.38. The summed E-state index contributed by atoms with van der Waals surface area (Å²) in [5, 5.41) is 8.22. The molecule has 0 fully saturated rings. The van der Waals surface area contributed by atoms with E-state index in [1.54, 1.807) is 7.11 Å². The van der Waals surface area contributed by atoms with Crippen LogP contribution in [0.25, 0.3) is 0 Å². The summed E-state index contributed by atoms with van der Waals surface area (Å²) in [7, 11) is 1.67. The predicted octanol–water partition coefficient (Wildman–Crippen LogP) is 4.17. The molecule has 0 amide bonds. The summed E-state index contributed by atoms with van der Waals surface area (Å²) in [6.45, 7) is 12.8. The molecule has 0 atom stereocenters. The molecule has 0 aromatic rings. The lowest BCUT2D eigenvalue weighted by Gasteiger charge is -2.09. The van der Waals surface area contributed by atoms with Crippen LogP contribution in [0.2, 0.25) is 0 Å². The number of ether oxygens (including phenoxy) is 1. The standard InChI is InChI=1S/C14H26N2O/c1-7-11(2)13(4)14(5)12(3)10-16-15-8-9-17-6/h7-10H2,1-6H3/b13-11+,14-12+,16-15?. The average Bonchev–Trinajstić information content (AvgIpc) is 2.35. The summed E-state index contributed by atoms with van der Waals surface area (Å²) in [5.74, 6) is 0. The molecule has 98 valence electrons. The molecule has 0 aliphatic carbocycles. The average molecular weight is 238 g/mol. The van der Waals surface area contributed by atoms with Crippen molar-refractivity contribution in [3.8, 4) is 0 Å². The van der Waals surface area contributed by atoms with Gasteiger partial charge in [-0.3, -0.25) is 0 Å². The monoisotopic (exact) mass is 238 g/mol. The minimum atomic E-state index is 0.638. The number of hydrogen-bond donors (Lipinski definition) is 0. The van der Waals surface area contributed by atoms with Gasteiger partial charge in [0.05, 0.1) is 19.7 Å². The highest BCUT2D eigenvalue weighted by Gasteiger charge is 2.01. The van der Waals surface area contributed by atoms with E-state index < -0.39 is 0 Å². The molecule has 0 bridgehead atoms. The van der Waals surface area contributed by atoms with E-state index in [9.17, 15) is 0 Å². The molecule has 3 nitrogen and oxygen atoms in total. The Balaban J connectivity index is 4.46. The molecular formula is C14H26N2O. The maximum atomic E-state index is 4.91. The Bertz CT molecular complexity index is 314. The molecule has 0 rings (SSSR count). The van der Waals surface area contributed by atoms with Crippen molar-refractivity contribution in [2.75, 3.05) is 26.8 Å². The number of hydrogen-bond acceptors (Lipinski definition) is 3. The van der Waals surface area contributed by atoms with Gasteiger partial charge < -0.3 is 4.74 Å². The van der Waals surface area contributed by atoms with Crippen LogP contribution in [0.1, 0.15) is 41.0 Å². The highest BCUT2D eigenvalue weighted by molar-refractivity contribution is 5.35. The fourth-order valence-corrected chi connectivity index (χ4v) is 1.38. The van der Waals surface area contributed by atoms with Gasteiger partial charge in [-0.15, -0.1) is 0 Å². The summed E-state index contributed by atoms with van der Waals surface area (Å²) in [6.07, 6.45) is 1.10. The highest BCUT2D eigenvalue weighted by atomic mass is 16.5. The van der Waals surface area contributed by atoms with Crippen LogP contribution in [-0.2, 0) is 4.74 Å². The Hall–Kier alpha value is -0.960. The summed E-state index contributed by atoms with van der Waals surface area (Å²) in [6, 6.07) is 0. The number of azo groups is 1. The van der Waals surface area contributed by atoms with Crippen molar-refractivity contribution in [3.05, 3.63) is 22.3 Å². The molecular weight excluding hydrogens is 212 g/mol. The van der Waals surface area contributed by atoms with Gasteiger partial charge in [0, 0.05) is 7.11 Å². The molecule has 0 aliphatic rings. The van der Waals surface area contributed by atoms with Crippen LogP contribution in [0.15, 0.2) is 32.5 Å². The maximum Gasteiger partial charge on any atom is 0.0832 e. The fraction of sp³-hybridized carbons (Fsp3) is 0.714. The van der Waals surface area contributed by atoms with Crippen molar-refractivity contribution < 1.29 is 4.74 Å². The van der Waals surface area contributed by atoms with Crippen LogP contribution in [0.5, 0.6) is 0 Å². The molecule has 0 spiro atoms. The van der Waals surface area contributed by atoms with E-state index in [2.05, 4.69) is 44.8 Å². The molecule has 0 heterocycles. The summed E-state index contributed by atoms with van der Waals surface area (Å²) in [5.41, 5.74) is 5.46. The zero-order valence-electron chi connectivity index (χ0n) is 12.1. The topological polar surface area (TPSA) is 34.0 Å². The Kier molecular flexibility index (Phi) is 8.60. The maximum absolute atomic E-state index is 4.91. The van der Waals surface area contributed by atoms with Crippen molar-refractivity contribution in [1.82, 2.24) is 0 Å². The zero-order chi connectivity index (χ0) is 13.3. The van der Waals surface area contributed by atoms with Gasteiger partial charge in [-0.25, -0.2) is 0 Å². The first kappa shape index (κ1) is 16.0. The van der Waals surface area contributed by atoms with Gasteiger partial charge in [-0.2, -0.15) is 10.2 Å². The van der Waals surface area contributed by atoms with E-state index in [1.807, 2.05) is 0 Å². The zero-order valence-corrected chi connectivity index (χ0v) is 12.1. The number of rotatable bonds is 7. The van der Waals surface area contributed by atoms with Gasteiger partial charge in [-0.1, -0.05) is 12.5 Å². The first-order valence-corrected chi connectivity index (χ1v) is 6.19. The molecule has 0 saturated carbocycles. The minimum absolute atomic E-state index is 0.638. The minimum Gasteiger partial charge on any atom is -0.383 e. The molecule has 0 unspecified atom stereocenters. The quantitative estimate of drug-likeness (QED) is 0.372. The lowest BCUT2D eigenvalue weighted by molar-refractivity contribution is 0.206. The van der Waals surface area contributed by atoms with Crippen molar-refractivity contribution in [2.24, 2.45) is 10.2 Å². The summed E-state index contributed by atoms with van der Waals surface area (Å²) in [4.78, 5) is 0. The third-order valence-electron chi connectivity index (χ3n) is 3.18. The lowest BCUT2D eigenvalue weighted by atomic mass is 9.98. The van der Waals surface area contributed by atoms with E-state index in [1.165, 1.54) is 22.3 Å². The van der Waals surface area contributed by atoms with Crippen LogP contribution in [-0.4, -0.2) is 26.8 Å². The van der Waals surface area contributed by atoms with Crippen LogP contribution in [0, 0.1) is 0 Å². The second kappa shape index (κ2) is 9.11. The number of allylic oxidation sites excluding steroid dienone is 3. The normalized spacial score (nSPS) is 14.9. The lowest BCUT2D eigenvalue weighted by Crippen LogP contribution is -1.95. The summed E-state index contributed by atoms with van der Waals surface area (Å²) >= 11 is 0. The third-order valence-corrected chi connectivity index (χ3v) is 3.18. The molecule has 0 N–H and O–H groups in total. The Morgan fingerprint density at radius 3 is 2.06 bits per heavy atom. The highest BCUT2D eigenvalue weighted by Crippen LogP contribution is 2.19. The number of nitrogens with zero attached hydrogens (tertiary/aromatic N) is 2. The van der Waals surface area contributed by atoms with Gasteiger partial charge in [0.2, 0.25) is 0 Å². The molecule has 0 saturated heterocycles. The molecule has 0 radical (unpaired) electrons. The summed E-state index contributed by atoms with van der Waals surface area (Å²) < 4.78 is 4.91. The van der Waals surface area contributed by atoms with Gasteiger partial charge in [-0.05, 0) is 50.8 Å². The first-order valence-electron chi connectivity index (χ1n) is 6.19. The van der Waals surface area contributed by atoms with Gasteiger partial charge in [0.1, 0.15) is 0 Å². The van der Waals surface area contributed by atoms with Gasteiger partial charge >= 0.3 is 0 Å². The van der Waals surface area contributed by atoms with E-state index >= 15 is 0 Å². The SMILES string of the molecule is CC/C(C)=C(C)/C(C)=C(\C)CN=NCCOC. The molecule has 3 heteroatoms. The van der Waals surface area contributed by atoms with Crippen LogP contribution in [0.3, 0.4) is 0 Å². The Morgan fingerprint density at radius 2 is 1.53 bits per heavy atom. The first-order chi connectivity index (χ1) is 8.04. The number of methoxy groups -OCH3 is 1. The van der Waals surface area contributed by atoms with Crippen LogP contribution < -0.4 is 0 Å². The third kappa shape index (κ3) is 6.37. The molecule has 17 heavy (non-hydrogen) atoms. The molecule has 0 aliphatic heterocycles. The smallest absolute Gasteiger partial charge is 0.0832 e. The predicted molar refractivity (Wildman–Crippen MR) is 73.5 cm³/mol. The van der Waals surface area contributed by atoms with E-state index in [4.69, 9.17) is 4.74 Å². The van der Waals surface area contributed by atoms with Crippen molar-refractivity contribution >= 4 is 0 Å². The molecule has 0 aromatic carbocycles. The second-order valence-corrected chi connectivity index (χ2v) is 4.32. The van der Waals surface area contributed by atoms with Gasteiger partial charge in [0.15, 0.2) is 0 Å². The van der Waals surface area contributed by atoms with Crippen molar-refractivity contribution in [1.29, 1.82) is 0 Å². The Morgan fingerprint density at radius 1 is 0.941 bits per heavy atom. The van der Waals surface area contributed by atoms with Crippen LogP contribution >= 0.6 is 0 Å². The Labute approximate surface area is 106 Å². The van der Waals surface area contributed by atoms with Crippen molar-refractivity contribution in [2.45, 2.75) is 41.0 Å². The van der Waals surface area contributed by atoms with E-state index in [-0.39, 0.29) is 0 Å². The van der Waals surface area contributed by atoms with Crippen LogP contribution in [0.4, 0.5) is 0 Å². The largest absolute Gasteiger partial charge is 0.383 e. The second-order valence-electron chi connectivity index (χ2n) is 4.32. The molecule has 0 aromatic heterocycles. The van der Waals surface area contributed by atoms with E-state index in [0.717, 1.165) is 6.42 Å². The van der Waals surface area contributed by atoms with Crippen molar-refractivity contribution in [3.63, 3.8) is 0 Å². The van der Waals surface area contributed by atoms with Gasteiger partial charge in [0.25, 0.3) is 0 Å².